The summed E-state index contributed by atoms with van der Waals surface area (Å²) in [5.41, 5.74) is 5.72. The Bertz CT molecular complexity index is 1350. The van der Waals surface area contributed by atoms with Crippen LogP contribution in [-0.4, -0.2) is 22.1 Å². The van der Waals surface area contributed by atoms with Crippen molar-refractivity contribution in [2.24, 2.45) is 0 Å². The van der Waals surface area contributed by atoms with Crippen LogP contribution in [0.3, 0.4) is 0 Å². The van der Waals surface area contributed by atoms with E-state index >= 15 is 0 Å². The average Bonchev–Trinajstić information content (AvgIpc) is 3.25. The van der Waals surface area contributed by atoms with Gasteiger partial charge in [0.25, 0.3) is 0 Å². The van der Waals surface area contributed by atoms with Crippen LogP contribution in [0.5, 0.6) is 5.75 Å². The smallest absolute Gasteiger partial charge is 0.143 e. The van der Waals surface area contributed by atoms with E-state index in [0.717, 1.165) is 50.8 Å². The standard InChI is InChI=1S/C26H22N4OS/c1-17-28-25(30-21-7-3-18(4-8-21)15-19-11-13-27-14-12-19)24-23(16-32-26(24)29-17)20-5-9-22(31-2)10-6-20/h3-14,16H,15H2,1-2H3,(H,28,29,30). The van der Waals surface area contributed by atoms with Crippen molar-refractivity contribution in [3.05, 3.63) is 95.4 Å². The molecule has 0 saturated carbocycles. The van der Waals surface area contributed by atoms with E-state index in [9.17, 15) is 0 Å². The summed E-state index contributed by atoms with van der Waals surface area (Å²) < 4.78 is 5.30. The van der Waals surface area contributed by atoms with E-state index in [-0.39, 0.29) is 0 Å². The Morgan fingerprint density at radius 3 is 2.31 bits per heavy atom. The highest BCUT2D eigenvalue weighted by molar-refractivity contribution is 7.17. The molecule has 0 atom stereocenters. The number of nitrogens with one attached hydrogen (secondary N) is 1. The summed E-state index contributed by atoms with van der Waals surface area (Å²) in [4.78, 5) is 14.4. The van der Waals surface area contributed by atoms with Gasteiger partial charge in [-0.15, -0.1) is 11.3 Å². The lowest BCUT2D eigenvalue weighted by Gasteiger charge is -2.11. The molecule has 0 saturated heterocycles. The lowest BCUT2D eigenvalue weighted by molar-refractivity contribution is 0.415. The second-order valence-corrected chi connectivity index (χ2v) is 8.39. The van der Waals surface area contributed by atoms with Gasteiger partial charge >= 0.3 is 0 Å². The van der Waals surface area contributed by atoms with Crippen molar-refractivity contribution in [3.63, 3.8) is 0 Å². The Kier molecular flexibility index (Phi) is 5.52. The van der Waals surface area contributed by atoms with E-state index in [2.05, 4.69) is 57.1 Å². The summed E-state index contributed by atoms with van der Waals surface area (Å²) in [6.07, 6.45) is 4.54. The van der Waals surface area contributed by atoms with E-state index in [1.807, 2.05) is 43.6 Å². The van der Waals surface area contributed by atoms with Gasteiger partial charge in [0.15, 0.2) is 0 Å². The number of ether oxygens (including phenoxy) is 1. The molecule has 6 heteroatoms. The van der Waals surface area contributed by atoms with Crippen molar-refractivity contribution in [3.8, 4) is 16.9 Å². The molecule has 5 rings (SSSR count). The molecule has 0 spiro atoms. The van der Waals surface area contributed by atoms with Gasteiger partial charge in [-0.2, -0.15) is 0 Å². The number of hydrogen-bond donors (Lipinski definition) is 1. The summed E-state index contributed by atoms with van der Waals surface area (Å²) in [7, 11) is 1.68. The minimum absolute atomic E-state index is 0.748. The number of anilines is 2. The zero-order chi connectivity index (χ0) is 21.9. The maximum absolute atomic E-state index is 5.30. The predicted molar refractivity (Wildman–Crippen MR) is 131 cm³/mol. The molecule has 0 radical (unpaired) electrons. The van der Waals surface area contributed by atoms with Crippen LogP contribution in [0, 0.1) is 6.92 Å². The van der Waals surface area contributed by atoms with Gasteiger partial charge in [-0.25, -0.2) is 9.97 Å². The van der Waals surface area contributed by atoms with Gasteiger partial charge in [0, 0.05) is 29.0 Å². The Morgan fingerprint density at radius 1 is 0.875 bits per heavy atom. The Hall–Kier alpha value is -3.77. The minimum atomic E-state index is 0.748. The first kappa shape index (κ1) is 20.2. The number of benzene rings is 2. The normalized spacial score (nSPS) is 10.9. The molecule has 1 N–H and O–H groups in total. The van der Waals surface area contributed by atoms with E-state index < -0.39 is 0 Å². The first-order valence-electron chi connectivity index (χ1n) is 10.3. The van der Waals surface area contributed by atoms with Gasteiger partial charge in [0.2, 0.25) is 0 Å². The first-order valence-corrected chi connectivity index (χ1v) is 11.2. The van der Waals surface area contributed by atoms with Crippen LogP contribution in [0.15, 0.2) is 78.4 Å². The van der Waals surface area contributed by atoms with Gasteiger partial charge in [0.05, 0.1) is 12.5 Å². The van der Waals surface area contributed by atoms with Crippen LogP contribution in [0.4, 0.5) is 11.5 Å². The molecule has 3 heterocycles. The molecule has 0 aliphatic rings. The molecular weight excluding hydrogens is 416 g/mol. The summed E-state index contributed by atoms with van der Waals surface area (Å²) in [6, 6.07) is 20.7. The zero-order valence-corrected chi connectivity index (χ0v) is 18.7. The maximum Gasteiger partial charge on any atom is 0.143 e. The number of nitrogens with zero attached hydrogens (tertiary/aromatic N) is 3. The molecule has 0 aliphatic heterocycles. The third-order valence-electron chi connectivity index (χ3n) is 5.32. The first-order chi connectivity index (χ1) is 15.7. The zero-order valence-electron chi connectivity index (χ0n) is 17.9. The number of hydrogen-bond acceptors (Lipinski definition) is 6. The molecule has 5 aromatic rings. The highest BCUT2D eigenvalue weighted by atomic mass is 32.1. The summed E-state index contributed by atoms with van der Waals surface area (Å²) >= 11 is 1.63. The van der Waals surface area contributed by atoms with E-state index in [1.54, 1.807) is 18.4 Å². The van der Waals surface area contributed by atoms with Crippen molar-refractivity contribution in [2.45, 2.75) is 13.3 Å². The fraction of sp³-hybridized carbons (Fsp3) is 0.115. The van der Waals surface area contributed by atoms with Crippen LogP contribution in [0.25, 0.3) is 21.3 Å². The van der Waals surface area contributed by atoms with Gasteiger partial charge in [-0.3, -0.25) is 4.98 Å². The van der Waals surface area contributed by atoms with Gasteiger partial charge in [-0.1, -0.05) is 24.3 Å². The SMILES string of the molecule is COc1ccc(-c2csc3nc(C)nc(Nc4ccc(Cc5ccncc5)cc4)c23)cc1. The Morgan fingerprint density at radius 2 is 1.59 bits per heavy atom. The highest BCUT2D eigenvalue weighted by Crippen LogP contribution is 2.38. The molecule has 0 fully saturated rings. The van der Waals surface area contributed by atoms with Crippen LogP contribution < -0.4 is 10.1 Å². The van der Waals surface area contributed by atoms with Crippen LogP contribution in [0.2, 0.25) is 0 Å². The average molecular weight is 439 g/mol. The van der Waals surface area contributed by atoms with Crippen molar-refractivity contribution in [1.29, 1.82) is 0 Å². The lowest BCUT2D eigenvalue weighted by atomic mass is 10.1. The number of methoxy groups -OCH3 is 1. The van der Waals surface area contributed by atoms with Crippen LogP contribution in [0.1, 0.15) is 17.0 Å². The highest BCUT2D eigenvalue weighted by Gasteiger charge is 2.15. The number of rotatable bonds is 6. The van der Waals surface area contributed by atoms with Gasteiger partial charge in [-0.05, 0) is 66.4 Å². The minimum Gasteiger partial charge on any atom is -0.497 e. The monoisotopic (exact) mass is 438 g/mol. The molecule has 2 aromatic carbocycles. The second kappa shape index (κ2) is 8.77. The third-order valence-corrected chi connectivity index (χ3v) is 6.19. The van der Waals surface area contributed by atoms with Gasteiger partial charge < -0.3 is 10.1 Å². The summed E-state index contributed by atoms with van der Waals surface area (Å²) in [5.74, 6) is 2.41. The number of aromatic nitrogens is 3. The van der Waals surface area contributed by atoms with E-state index in [4.69, 9.17) is 9.72 Å². The van der Waals surface area contributed by atoms with Crippen LogP contribution >= 0.6 is 11.3 Å². The van der Waals surface area contributed by atoms with Crippen molar-refractivity contribution in [2.75, 3.05) is 12.4 Å². The third kappa shape index (κ3) is 4.18. The van der Waals surface area contributed by atoms with Crippen molar-refractivity contribution < 1.29 is 4.74 Å². The number of aryl methyl sites for hydroxylation is 1. The molecule has 32 heavy (non-hydrogen) atoms. The Labute approximate surface area is 190 Å². The lowest BCUT2D eigenvalue weighted by Crippen LogP contribution is -1.99. The molecule has 0 unspecified atom stereocenters. The predicted octanol–water partition coefficient (Wildman–Crippen LogP) is 6.40. The molecule has 158 valence electrons. The van der Waals surface area contributed by atoms with Gasteiger partial charge in [0.1, 0.15) is 22.2 Å². The fourth-order valence-electron chi connectivity index (χ4n) is 3.70. The Balaban J connectivity index is 1.46. The molecule has 0 bridgehead atoms. The number of fused-ring (bicyclic) bond motifs is 1. The van der Waals surface area contributed by atoms with E-state index in [1.165, 1.54) is 11.1 Å². The van der Waals surface area contributed by atoms with Crippen LogP contribution in [-0.2, 0) is 6.42 Å². The van der Waals surface area contributed by atoms with Crippen molar-refractivity contribution in [1.82, 2.24) is 15.0 Å². The fourth-order valence-corrected chi connectivity index (χ4v) is 4.69. The maximum atomic E-state index is 5.30. The second-order valence-electron chi connectivity index (χ2n) is 7.53. The number of pyridine rings is 1. The molecule has 0 amide bonds. The summed E-state index contributed by atoms with van der Waals surface area (Å²) in [6.45, 7) is 1.93. The van der Waals surface area contributed by atoms with E-state index in [0.29, 0.717) is 0 Å². The number of thiophene rings is 1. The summed E-state index contributed by atoms with van der Waals surface area (Å²) in [5, 5.41) is 6.69. The molecule has 3 aromatic heterocycles. The van der Waals surface area contributed by atoms with Crippen molar-refractivity contribution >= 4 is 33.1 Å². The largest absolute Gasteiger partial charge is 0.497 e. The molecule has 0 aliphatic carbocycles. The molecular formula is C26H22N4OS. The topological polar surface area (TPSA) is 59.9 Å². The quantitative estimate of drug-likeness (QED) is 0.332. The molecule has 5 nitrogen and oxygen atoms in total.